The lowest BCUT2D eigenvalue weighted by molar-refractivity contribution is -0.00558. The molecule has 0 spiro atoms. The summed E-state index contributed by atoms with van der Waals surface area (Å²) in [6, 6.07) is 10.7. The summed E-state index contributed by atoms with van der Waals surface area (Å²) in [7, 11) is 0. The molecule has 2 nitrogen and oxygen atoms in total. The standard InChI is InChI=1S/C16H27NO/c1-13(2)10-16(11-14(3)4)17-18-12-15-8-6-5-7-9-15/h5-9,13-14,16-17H,10-12H2,1-4H3. The maximum absolute atomic E-state index is 5.63. The van der Waals surface area contributed by atoms with Gasteiger partial charge in [-0.1, -0.05) is 58.0 Å². The lowest BCUT2D eigenvalue weighted by Gasteiger charge is -2.22. The monoisotopic (exact) mass is 249 g/mol. The smallest absolute Gasteiger partial charge is 0.0933 e. The highest BCUT2D eigenvalue weighted by Crippen LogP contribution is 2.13. The van der Waals surface area contributed by atoms with E-state index in [0.717, 1.165) is 12.8 Å². The minimum Gasteiger partial charge on any atom is -0.297 e. The van der Waals surface area contributed by atoms with Gasteiger partial charge in [-0.3, -0.25) is 4.84 Å². The van der Waals surface area contributed by atoms with Crippen LogP contribution in [-0.2, 0) is 11.4 Å². The fraction of sp³-hybridized carbons (Fsp3) is 0.625. The summed E-state index contributed by atoms with van der Waals surface area (Å²) < 4.78 is 0. The van der Waals surface area contributed by atoms with E-state index in [1.54, 1.807) is 0 Å². The Bertz CT molecular complexity index is 298. The number of rotatable bonds is 8. The second-order valence-electron chi connectivity index (χ2n) is 5.85. The van der Waals surface area contributed by atoms with Crippen molar-refractivity contribution >= 4 is 0 Å². The number of hydroxylamine groups is 1. The molecule has 0 saturated carbocycles. The fourth-order valence-electron chi connectivity index (χ4n) is 2.15. The van der Waals surface area contributed by atoms with Gasteiger partial charge in [0.2, 0.25) is 0 Å². The van der Waals surface area contributed by atoms with Crippen molar-refractivity contribution < 1.29 is 4.84 Å². The van der Waals surface area contributed by atoms with E-state index in [2.05, 4.69) is 45.3 Å². The van der Waals surface area contributed by atoms with Gasteiger partial charge in [-0.2, -0.15) is 5.48 Å². The Kier molecular flexibility index (Phi) is 6.99. The van der Waals surface area contributed by atoms with Crippen molar-refractivity contribution in [2.45, 2.75) is 53.2 Å². The Morgan fingerprint density at radius 2 is 1.50 bits per heavy atom. The molecule has 0 amide bonds. The molecule has 0 radical (unpaired) electrons. The third kappa shape index (κ3) is 6.77. The molecule has 0 bridgehead atoms. The highest BCUT2D eigenvalue weighted by atomic mass is 16.6. The predicted octanol–water partition coefficient (Wildman–Crippen LogP) is 4.17. The first-order chi connectivity index (χ1) is 8.58. The summed E-state index contributed by atoms with van der Waals surface area (Å²) in [5, 5.41) is 0. The van der Waals surface area contributed by atoms with Crippen molar-refractivity contribution in [1.82, 2.24) is 5.48 Å². The van der Waals surface area contributed by atoms with Gasteiger partial charge in [-0.25, -0.2) is 0 Å². The summed E-state index contributed by atoms with van der Waals surface area (Å²) in [5.41, 5.74) is 4.44. The van der Waals surface area contributed by atoms with Crippen LogP contribution in [0.25, 0.3) is 0 Å². The van der Waals surface area contributed by atoms with Crippen LogP contribution in [0.15, 0.2) is 30.3 Å². The lowest BCUT2D eigenvalue weighted by Crippen LogP contribution is -2.31. The Hall–Kier alpha value is -0.860. The van der Waals surface area contributed by atoms with Gasteiger partial charge >= 0.3 is 0 Å². The molecule has 18 heavy (non-hydrogen) atoms. The van der Waals surface area contributed by atoms with E-state index in [1.165, 1.54) is 5.56 Å². The van der Waals surface area contributed by atoms with Gasteiger partial charge < -0.3 is 0 Å². The molecule has 102 valence electrons. The fourth-order valence-corrected chi connectivity index (χ4v) is 2.15. The average Bonchev–Trinajstić information content (AvgIpc) is 2.28. The zero-order valence-corrected chi connectivity index (χ0v) is 12.1. The highest BCUT2D eigenvalue weighted by molar-refractivity contribution is 5.13. The molecule has 0 saturated heterocycles. The van der Waals surface area contributed by atoms with Crippen molar-refractivity contribution in [1.29, 1.82) is 0 Å². The molecule has 1 aromatic carbocycles. The Labute approximate surface area is 112 Å². The first-order valence-corrected chi connectivity index (χ1v) is 6.99. The molecule has 0 aliphatic rings. The van der Waals surface area contributed by atoms with Gasteiger partial charge in [0, 0.05) is 6.04 Å². The van der Waals surface area contributed by atoms with Crippen LogP contribution in [0.3, 0.4) is 0 Å². The first kappa shape index (κ1) is 15.2. The van der Waals surface area contributed by atoms with E-state index in [4.69, 9.17) is 4.84 Å². The summed E-state index contributed by atoms with van der Waals surface area (Å²) in [5.74, 6) is 1.39. The zero-order chi connectivity index (χ0) is 13.4. The van der Waals surface area contributed by atoms with E-state index < -0.39 is 0 Å². The van der Waals surface area contributed by atoms with E-state index in [0.29, 0.717) is 24.5 Å². The largest absolute Gasteiger partial charge is 0.297 e. The van der Waals surface area contributed by atoms with Crippen molar-refractivity contribution in [3.8, 4) is 0 Å². The third-order valence-electron chi connectivity index (χ3n) is 2.84. The normalized spacial score (nSPS) is 11.7. The van der Waals surface area contributed by atoms with E-state index in [1.807, 2.05) is 18.2 Å². The molecule has 2 heteroatoms. The van der Waals surface area contributed by atoms with Crippen LogP contribution >= 0.6 is 0 Å². The van der Waals surface area contributed by atoms with Gasteiger partial charge in [0.1, 0.15) is 0 Å². The van der Waals surface area contributed by atoms with E-state index >= 15 is 0 Å². The minimum absolute atomic E-state index is 0.453. The van der Waals surface area contributed by atoms with Gasteiger partial charge in [-0.15, -0.1) is 0 Å². The Balaban J connectivity index is 2.32. The number of benzene rings is 1. The summed E-state index contributed by atoms with van der Waals surface area (Å²) in [6.07, 6.45) is 2.32. The number of hydrogen-bond acceptors (Lipinski definition) is 2. The molecule has 1 aromatic rings. The SMILES string of the molecule is CC(C)CC(CC(C)C)NOCc1ccccc1. The van der Waals surface area contributed by atoms with Crippen molar-refractivity contribution in [3.05, 3.63) is 35.9 Å². The molecular weight excluding hydrogens is 222 g/mol. The second-order valence-corrected chi connectivity index (χ2v) is 5.85. The molecule has 0 fully saturated rings. The maximum Gasteiger partial charge on any atom is 0.0933 e. The maximum atomic E-state index is 5.63. The predicted molar refractivity (Wildman–Crippen MR) is 77.1 cm³/mol. The van der Waals surface area contributed by atoms with Gasteiger partial charge in [-0.05, 0) is 30.2 Å². The molecule has 0 atom stereocenters. The zero-order valence-electron chi connectivity index (χ0n) is 12.1. The van der Waals surface area contributed by atoms with Crippen LogP contribution in [0.2, 0.25) is 0 Å². The van der Waals surface area contributed by atoms with Gasteiger partial charge in [0.25, 0.3) is 0 Å². The lowest BCUT2D eigenvalue weighted by atomic mass is 9.96. The highest BCUT2D eigenvalue weighted by Gasteiger charge is 2.12. The minimum atomic E-state index is 0.453. The van der Waals surface area contributed by atoms with E-state index in [9.17, 15) is 0 Å². The summed E-state index contributed by atoms with van der Waals surface area (Å²) >= 11 is 0. The Morgan fingerprint density at radius 1 is 0.944 bits per heavy atom. The molecule has 0 aliphatic heterocycles. The van der Waals surface area contributed by atoms with Crippen LogP contribution in [-0.4, -0.2) is 6.04 Å². The van der Waals surface area contributed by atoms with Crippen molar-refractivity contribution in [2.75, 3.05) is 0 Å². The molecule has 0 aliphatic carbocycles. The molecular formula is C16H27NO. The summed E-state index contributed by atoms with van der Waals surface area (Å²) in [6.45, 7) is 9.66. The molecule has 0 unspecified atom stereocenters. The van der Waals surface area contributed by atoms with Crippen LogP contribution in [0.4, 0.5) is 0 Å². The van der Waals surface area contributed by atoms with Crippen molar-refractivity contribution in [2.24, 2.45) is 11.8 Å². The van der Waals surface area contributed by atoms with Crippen LogP contribution < -0.4 is 5.48 Å². The average molecular weight is 249 g/mol. The van der Waals surface area contributed by atoms with Crippen LogP contribution in [0.5, 0.6) is 0 Å². The molecule has 1 N–H and O–H groups in total. The van der Waals surface area contributed by atoms with Crippen LogP contribution in [0.1, 0.15) is 46.1 Å². The molecule has 0 heterocycles. The van der Waals surface area contributed by atoms with E-state index in [-0.39, 0.29) is 0 Å². The molecule has 0 aromatic heterocycles. The van der Waals surface area contributed by atoms with Crippen LogP contribution in [0, 0.1) is 11.8 Å². The van der Waals surface area contributed by atoms with Gasteiger partial charge in [0.15, 0.2) is 0 Å². The van der Waals surface area contributed by atoms with Crippen molar-refractivity contribution in [3.63, 3.8) is 0 Å². The molecule has 1 rings (SSSR count). The number of hydrogen-bond donors (Lipinski definition) is 1. The quantitative estimate of drug-likeness (QED) is 0.698. The third-order valence-corrected chi connectivity index (χ3v) is 2.84. The summed E-state index contributed by atoms with van der Waals surface area (Å²) in [4.78, 5) is 5.63. The first-order valence-electron chi connectivity index (χ1n) is 6.99. The Morgan fingerprint density at radius 3 is 2.00 bits per heavy atom. The topological polar surface area (TPSA) is 21.3 Å². The second kappa shape index (κ2) is 8.28. The van der Waals surface area contributed by atoms with Gasteiger partial charge in [0.05, 0.1) is 6.61 Å². The number of nitrogens with one attached hydrogen (secondary N) is 1.